The van der Waals surface area contributed by atoms with Crippen LogP contribution in [-0.4, -0.2) is 98.3 Å². The predicted octanol–water partition coefficient (Wildman–Crippen LogP) is 0.399. The van der Waals surface area contributed by atoms with Gasteiger partial charge in [0.25, 0.3) is 0 Å². The molecule has 6 aliphatic rings. The summed E-state index contributed by atoms with van der Waals surface area (Å²) in [5.41, 5.74) is -0.760. The number of hydrogen-bond acceptors (Lipinski definition) is 10. The lowest BCUT2D eigenvalue weighted by Crippen LogP contribution is -2.63. The van der Waals surface area contributed by atoms with E-state index in [1.807, 2.05) is 0 Å². The third kappa shape index (κ3) is 4.08. The van der Waals surface area contributed by atoms with Gasteiger partial charge in [-0.1, -0.05) is 13.8 Å². The van der Waals surface area contributed by atoms with Crippen molar-refractivity contribution in [3.63, 3.8) is 0 Å². The van der Waals surface area contributed by atoms with E-state index in [1.165, 1.54) is 6.08 Å². The maximum Gasteiger partial charge on any atom is 0.331 e. The molecule has 0 aromatic heterocycles. The average Bonchev–Trinajstić information content (AvgIpc) is 3.40. The molecule has 2 aliphatic heterocycles. The summed E-state index contributed by atoms with van der Waals surface area (Å²) in [7, 11) is 0. The fraction of sp³-hybridized carbons (Fsp3) is 0.897. The van der Waals surface area contributed by atoms with Gasteiger partial charge >= 0.3 is 5.97 Å². The lowest BCUT2D eigenvalue weighted by molar-refractivity contribution is -0.317. The molecule has 39 heavy (non-hydrogen) atoms. The first-order chi connectivity index (χ1) is 18.4. The molecular weight excluding hydrogens is 508 g/mol. The minimum atomic E-state index is -1.46. The molecule has 0 unspecified atom stereocenters. The van der Waals surface area contributed by atoms with Crippen molar-refractivity contribution in [1.29, 1.82) is 0 Å². The minimum absolute atomic E-state index is 0.00996. The van der Waals surface area contributed by atoms with E-state index in [1.54, 1.807) is 0 Å². The SMILES string of the molecule is C[C@]12CC[C@H](O[C@H]3O[C@@H](CO)[C@@H](O)[C@@H](O)[C@H]3O)C[C@H]1CC[C@@H]1[C@H]2CC[C@]2(C)[C@@H](C3=CC(=O)OC3)[C@@H](O)C[C@]12O. The van der Waals surface area contributed by atoms with Crippen LogP contribution < -0.4 is 0 Å². The molecule has 0 aromatic carbocycles. The van der Waals surface area contributed by atoms with Crippen LogP contribution in [0.15, 0.2) is 11.6 Å². The average molecular weight is 553 g/mol. The summed E-state index contributed by atoms with van der Waals surface area (Å²) in [4.78, 5) is 11.8. The predicted molar refractivity (Wildman–Crippen MR) is 136 cm³/mol. The Balaban J connectivity index is 1.17. The number of cyclic esters (lactones) is 1. The molecule has 0 spiro atoms. The number of esters is 1. The van der Waals surface area contributed by atoms with Crippen molar-refractivity contribution in [3.05, 3.63) is 11.6 Å². The summed E-state index contributed by atoms with van der Waals surface area (Å²) in [6, 6.07) is 0. The van der Waals surface area contributed by atoms with Crippen molar-refractivity contribution in [2.24, 2.45) is 34.5 Å². The summed E-state index contributed by atoms with van der Waals surface area (Å²) in [6.07, 6.45) is 0.361. The molecule has 0 bridgehead atoms. The maximum absolute atomic E-state index is 12.4. The second kappa shape index (κ2) is 9.73. The molecule has 0 radical (unpaired) electrons. The molecule has 14 atom stereocenters. The molecule has 0 aromatic rings. The molecule has 0 amide bonds. The summed E-state index contributed by atoms with van der Waals surface area (Å²) in [5, 5.41) is 63.8. The zero-order valence-corrected chi connectivity index (χ0v) is 22.8. The second-order valence-electron chi connectivity index (χ2n) is 13.7. The lowest BCUT2D eigenvalue weighted by Gasteiger charge is -2.63. The van der Waals surface area contributed by atoms with Crippen LogP contribution >= 0.6 is 0 Å². The molecule has 4 aliphatic carbocycles. The second-order valence-corrected chi connectivity index (χ2v) is 13.7. The van der Waals surface area contributed by atoms with Crippen LogP contribution in [-0.2, 0) is 19.0 Å². The first-order valence-corrected chi connectivity index (χ1v) is 14.7. The number of aliphatic hydroxyl groups excluding tert-OH is 5. The van der Waals surface area contributed by atoms with Crippen LogP contribution in [0.1, 0.15) is 65.2 Å². The fourth-order valence-corrected chi connectivity index (χ4v) is 9.94. The van der Waals surface area contributed by atoms with Gasteiger partial charge < -0.3 is 44.8 Å². The van der Waals surface area contributed by atoms with Gasteiger partial charge in [0.2, 0.25) is 0 Å². The van der Waals surface area contributed by atoms with Gasteiger partial charge in [0.15, 0.2) is 6.29 Å². The van der Waals surface area contributed by atoms with E-state index in [0.717, 1.165) is 50.5 Å². The van der Waals surface area contributed by atoms with Gasteiger partial charge in [-0.05, 0) is 73.7 Å². The molecule has 10 nitrogen and oxygen atoms in total. The molecule has 5 fully saturated rings. The number of ether oxygens (including phenoxy) is 3. The van der Waals surface area contributed by atoms with Crippen LogP contribution in [0.3, 0.4) is 0 Å². The Hall–Kier alpha value is -1.11. The molecular formula is C29H44O10. The molecule has 220 valence electrons. The number of hydrogen-bond donors (Lipinski definition) is 6. The molecule has 2 heterocycles. The Bertz CT molecular complexity index is 1000. The first-order valence-electron chi connectivity index (χ1n) is 14.7. The maximum atomic E-state index is 12.4. The number of fused-ring (bicyclic) bond motifs is 5. The van der Waals surface area contributed by atoms with Crippen LogP contribution in [0, 0.1) is 34.5 Å². The topological polar surface area (TPSA) is 166 Å². The van der Waals surface area contributed by atoms with Gasteiger partial charge in [-0.2, -0.15) is 0 Å². The number of rotatable bonds is 4. The Morgan fingerprint density at radius 2 is 1.77 bits per heavy atom. The van der Waals surface area contributed by atoms with Gasteiger partial charge in [0.05, 0.1) is 24.4 Å². The fourth-order valence-electron chi connectivity index (χ4n) is 9.94. The summed E-state index contributed by atoms with van der Waals surface area (Å²) in [6.45, 7) is 4.13. The van der Waals surface area contributed by atoms with Crippen LogP contribution in [0.4, 0.5) is 0 Å². The molecule has 1 saturated heterocycles. The van der Waals surface area contributed by atoms with Crippen molar-refractivity contribution < 1.29 is 49.6 Å². The van der Waals surface area contributed by atoms with Crippen molar-refractivity contribution in [2.45, 2.75) is 114 Å². The van der Waals surface area contributed by atoms with Crippen molar-refractivity contribution >= 4 is 5.97 Å². The van der Waals surface area contributed by atoms with E-state index < -0.39 is 54.4 Å². The zero-order chi connectivity index (χ0) is 27.9. The monoisotopic (exact) mass is 552 g/mol. The zero-order valence-electron chi connectivity index (χ0n) is 22.8. The third-order valence-electron chi connectivity index (χ3n) is 12.1. The Morgan fingerprint density at radius 1 is 1.00 bits per heavy atom. The van der Waals surface area contributed by atoms with Crippen LogP contribution in [0.5, 0.6) is 0 Å². The molecule has 6 rings (SSSR count). The number of aliphatic hydroxyl groups is 6. The normalized spacial score (nSPS) is 55.3. The van der Waals surface area contributed by atoms with Gasteiger partial charge in [0.1, 0.15) is 31.0 Å². The third-order valence-corrected chi connectivity index (χ3v) is 12.1. The summed E-state index contributed by atoms with van der Waals surface area (Å²) < 4.78 is 16.9. The first kappa shape index (κ1) is 28.0. The minimum Gasteiger partial charge on any atom is -0.458 e. The Kier molecular flexibility index (Phi) is 6.99. The van der Waals surface area contributed by atoms with E-state index in [4.69, 9.17) is 14.2 Å². The van der Waals surface area contributed by atoms with E-state index in [2.05, 4.69) is 13.8 Å². The molecule has 10 heteroatoms. The highest BCUT2D eigenvalue weighted by Crippen LogP contribution is 2.70. The Morgan fingerprint density at radius 3 is 2.46 bits per heavy atom. The van der Waals surface area contributed by atoms with Gasteiger partial charge in [-0.3, -0.25) is 0 Å². The van der Waals surface area contributed by atoms with Gasteiger partial charge in [-0.25, -0.2) is 4.79 Å². The van der Waals surface area contributed by atoms with E-state index >= 15 is 0 Å². The Labute approximate surface area is 229 Å². The van der Waals surface area contributed by atoms with Crippen molar-refractivity contribution in [3.8, 4) is 0 Å². The molecule has 4 saturated carbocycles. The van der Waals surface area contributed by atoms with Crippen LogP contribution in [0.25, 0.3) is 0 Å². The number of carbonyl (C=O) groups is 1. The summed E-state index contributed by atoms with van der Waals surface area (Å²) in [5.74, 6) is 0.0346. The van der Waals surface area contributed by atoms with E-state index in [9.17, 15) is 35.4 Å². The largest absolute Gasteiger partial charge is 0.458 e. The number of carbonyl (C=O) groups excluding carboxylic acids is 1. The highest BCUT2D eigenvalue weighted by Gasteiger charge is 2.70. The van der Waals surface area contributed by atoms with Gasteiger partial charge in [-0.15, -0.1) is 0 Å². The summed E-state index contributed by atoms with van der Waals surface area (Å²) >= 11 is 0. The lowest BCUT2D eigenvalue weighted by atomic mass is 9.43. The van der Waals surface area contributed by atoms with Gasteiger partial charge in [0, 0.05) is 23.8 Å². The van der Waals surface area contributed by atoms with Crippen LogP contribution in [0.2, 0.25) is 0 Å². The highest BCUT2D eigenvalue weighted by molar-refractivity contribution is 5.85. The quantitative estimate of drug-likeness (QED) is 0.212. The van der Waals surface area contributed by atoms with E-state index in [0.29, 0.717) is 18.3 Å². The van der Waals surface area contributed by atoms with E-state index in [-0.39, 0.29) is 35.9 Å². The van der Waals surface area contributed by atoms with Crippen molar-refractivity contribution in [1.82, 2.24) is 0 Å². The van der Waals surface area contributed by atoms with Crippen molar-refractivity contribution in [2.75, 3.05) is 13.2 Å². The smallest absolute Gasteiger partial charge is 0.331 e. The molecule has 6 N–H and O–H groups in total. The highest BCUT2D eigenvalue weighted by atomic mass is 16.7. The standard InChI is InChI=1S/C29H44O10/c1-27-7-5-16(38-26-25(35)24(34)23(33)20(12-30)39-26)10-15(27)3-4-18-17(27)6-8-28(2)22(14-9-21(32)37-13-14)19(31)11-29(18,28)36/h9,15-20,22-26,30-31,33-36H,3-8,10-13H2,1-2H3/t15-,16+,17-,18-,19+,20+,22+,23-,24-,25-,26+,27+,28-,29+/m1/s1.